The fraction of sp³-hybridized carbons (Fsp3) is 1.00. The summed E-state index contributed by atoms with van der Waals surface area (Å²) in [4.78, 5) is 0. The second-order valence-electron chi connectivity index (χ2n) is 3.89. The highest BCUT2D eigenvalue weighted by molar-refractivity contribution is 8.18. The molecule has 0 saturated heterocycles. The fourth-order valence-corrected chi connectivity index (χ4v) is 4.08. The van der Waals surface area contributed by atoms with E-state index < -0.39 is 0 Å². The Hall–Kier alpha value is 0.700. The monoisotopic (exact) mass is 234 g/mol. The number of hydrogen-bond donors (Lipinski definition) is 0. The van der Waals surface area contributed by atoms with Crippen molar-refractivity contribution in [1.82, 2.24) is 0 Å². The Bertz CT molecular complexity index is 113. The first-order chi connectivity index (χ1) is 6.68. The molecule has 0 aromatic rings. The zero-order valence-corrected chi connectivity index (χ0v) is 11.9. The summed E-state index contributed by atoms with van der Waals surface area (Å²) >= 11 is 4.32. The summed E-state index contributed by atoms with van der Waals surface area (Å²) in [5, 5.41) is 0. The Kier molecular flexibility index (Phi) is 9.41. The van der Waals surface area contributed by atoms with Gasteiger partial charge in [-0.15, -0.1) is 23.5 Å². The fourth-order valence-electron chi connectivity index (χ4n) is 1.11. The molecule has 0 rings (SSSR count). The van der Waals surface area contributed by atoms with Gasteiger partial charge in [0.15, 0.2) is 0 Å². The Morgan fingerprint density at radius 1 is 0.857 bits per heavy atom. The average molecular weight is 234 g/mol. The molecule has 0 N–H and O–H groups in total. The summed E-state index contributed by atoms with van der Waals surface area (Å²) in [6, 6.07) is 0. The van der Waals surface area contributed by atoms with Gasteiger partial charge in [-0.25, -0.2) is 0 Å². The lowest BCUT2D eigenvalue weighted by atomic mass is 10.4. The molecule has 0 aliphatic heterocycles. The molecule has 0 aromatic carbocycles. The van der Waals surface area contributed by atoms with E-state index in [1.54, 1.807) is 0 Å². The molecule has 0 bridgehead atoms. The summed E-state index contributed by atoms with van der Waals surface area (Å²) in [6.45, 7) is 9.27. The maximum absolute atomic E-state index is 2.41. The molecular formula is C12H26S2. The van der Waals surface area contributed by atoms with Gasteiger partial charge in [-0.2, -0.15) is 0 Å². The molecule has 0 nitrogen and oxygen atoms in total. The zero-order chi connectivity index (χ0) is 10.9. The van der Waals surface area contributed by atoms with Crippen molar-refractivity contribution in [3.8, 4) is 0 Å². The first-order valence-electron chi connectivity index (χ1n) is 5.96. The third kappa shape index (κ3) is 7.05. The summed E-state index contributed by atoms with van der Waals surface area (Å²) in [6.07, 6.45) is 6.68. The van der Waals surface area contributed by atoms with Crippen molar-refractivity contribution in [2.45, 2.75) is 63.9 Å². The first-order valence-corrected chi connectivity index (χ1v) is 7.93. The Morgan fingerprint density at radius 2 is 1.29 bits per heavy atom. The van der Waals surface area contributed by atoms with Crippen LogP contribution in [-0.4, -0.2) is 15.6 Å². The molecule has 0 aliphatic carbocycles. The first kappa shape index (κ1) is 14.7. The molecule has 0 spiro atoms. The highest BCUT2D eigenvalue weighted by Gasteiger charge is 2.21. The maximum atomic E-state index is 2.41. The minimum atomic E-state index is 0.477. The number of thioether (sulfide) groups is 2. The van der Waals surface area contributed by atoms with Gasteiger partial charge < -0.3 is 0 Å². The molecule has 0 amide bonds. The topological polar surface area (TPSA) is 0 Å². The molecule has 0 saturated carbocycles. The molecule has 14 heavy (non-hydrogen) atoms. The van der Waals surface area contributed by atoms with E-state index in [0.29, 0.717) is 4.08 Å². The lowest BCUT2D eigenvalue weighted by Crippen LogP contribution is -2.15. The molecule has 0 aliphatic rings. The van der Waals surface area contributed by atoms with Crippen LogP contribution in [0.1, 0.15) is 59.8 Å². The third-order valence-electron chi connectivity index (χ3n) is 2.45. The summed E-state index contributed by atoms with van der Waals surface area (Å²) < 4.78 is 0.477. The number of hydrogen-bond acceptors (Lipinski definition) is 2. The van der Waals surface area contributed by atoms with Crippen LogP contribution < -0.4 is 0 Å². The van der Waals surface area contributed by atoms with Gasteiger partial charge in [-0.1, -0.05) is 33.6 Å². The van der Waals surface area contributed by atoms with E-state index in [-0.39, 0.29) is 0 Å². The van der Waals surface area contributed by atoms with Crippen molar-refractivity contribution in [3.05, 3.63) is 0 Å². The second kappa shape index (κ2) is 8.96. The normalized spacial score (nSPS) is 12.0. The van der Waals surface area contributed by atoms with Gasteiger partial charge in [0.1, 0.15) is 0 Å². The van der Waals surface area contributed by atoms with E-state index in [4.69, 9.17) is 0 Å². The van der Waals surface area contributed by atoms with E-state index in [1.807, 2.05) is 0 Å². The van der Waals surface area contributed by atoms with Gasteiger partial charge in [0, 0.05) is 0 Å². The van der Waals surface area contributed by atoms with Crippen molar-refractivity contribution in [2.24, 2.45) is 0 Å². The Balaban J connectivity index is 3.67. The van der Waals surface area contributed by atoms with Crippen LogP contribution in [0.3, 0.4) is 0 Å². The van der Waals surface area contributed by atoms with Crippen molar-refractivity contribution < 1.29 is 0 Å². The van der Waals surface area contributed by atoms with E-state index in [0.717, 1.165) is 0 Å². The van der Waals surface area contributed by atoms with Gasteiger partial charge in [0.05, 0.1) is 4.08 Å². The van der Waals surface area contributed by atoms with Crippen LogP contribution in [-0.2, 0) is 0 Å². The molecule has 2 heteroatoms. The van der Waals surface area contributed by atoms with Crippen molar-refractivity contribution in [2.75, 3.05) is 11.5 Å². The summed E-state index contributed by atoms with van der Waals surface area (Å²) in [5.74, 6) is 2.67. The zero-order valence-electron chi connectivity index (χ0n) is 10.3. The van der Waals surface area contributed by atoms with Crippen LogP contribution in [0.25, 0.3) is 0 Å². The Morgan fingerprint density at radius 3 is 1.57 bits per heavy atom. The smallest absolute Gasteiger partial charge is 0.0580 e. The molecule has 0 atom stereocenters. The molecule has 0 aromatic heterocycles. The predicted molar refractivity (Wildman–Crippen MR) is 73.4 cm³/mol. The second-order valence-corrected chi connectivity index (χ2v) is 7.35. The molecule has 0 heterocycles. The van der Waals surface area contributed by atoms with E-state index in [9.17, 15) is 0 Å². The van der Waals surface area contributed by atoms with Crippen LogP contribution >= 0.6 is 23.5 Å². The van der Waals surface area contributed by atoms with E-state index in [1.165, 1.54) is 43.6 Å². The van der Waals surface area contributed by atoms with E-state index in [2.05, 4.69) is 51.2 Å². The molecule has 0 radical (unpaired) electrons. The molecule has 86 valence electrons. The lowest BCUT2D eigenvalue weighted by Gasteiger charge is -2.27. The van der Waals surface area contributed by atoms with Gasteiger partial charge in [-0.05, 0) is 37.7 Å². The number of rotatable bonds is 9. The standard InChI is InChI=1S/C12H26S2/c1-5-8-10-13-12(4,7-3)14-11-9-6-2/h5-11H2,1-4H3. The SMILES string of the molecule is CCCCSC(C)(CC)SCCCC. The average Bonchev–Trinajstić information content (AvgIpc) is 2.19. The highest BCUT2D eigenvalue weighted by atomic mass is 32.2. The number of unbranched alkanes of at least 4 members (excludes halogenated alkanes) is 2. The molecule has 0 fully saturated rings. The summed E-state index contributed by atoms with van der Waals surface area (Å²) in [7, 11) is 0. The third-order valence-corrected chi connectivity index (χ3v) is 5.94. The van der Waals surface area contributed by atoms with Gasteiger partial charge in [0.2, 0.25) is 0 Å². The summed E-state index contributed by atoms with van der Waals surface area (Å²) in [5.41, 5.74) is 0. The van der Waals surface area contributed by atoms with E-state index >= 15 is 0 Å². The molecule has 0 unspecified atom stereocenters. The van der Waals surface area contributed by atoms with Crippen molar-refractivity contribution >= 4 is 23.5 Å². The minimum Gasteiger partial charge on any atom is -0.145 e. The van der Waals surface area contributed by atoms with Crippen LogP contribution in [0.2, 0.25) is 0 Å². The van der Waals surface area contributed by atoms with Gasteiger partial charge >= 0.3 is 0 Å². The van der Waals surface area contributed by atoms with Crippen LogP contribution in [0.15, 0.2) is 0 Å². The van der Waals surface area contributed by atoms with Crippen LogP contribution in [0, 0.1) is 0 Å². The minimum absolute atomic E-state index is 0.477. The highest BCUT2D eigenvalue weighted by Crippen LogP contribution is 2.40. The lowest BCUT2D eigenvalue weighted by molar-refractivity contribution is 0.824. The molecular weight excluding hydrogens is 208 g/mol. The largest absolute Gasteiger partial charge is 0.145 e. The predicted octanol–water partition coefficient (Wildman–Crippen LogP) is 5.18. The van der Waals surface area contributed by atoms with Crippen molar-refractivity contribution in [1.29, 1.82) is 0 Å². The quantitative estimate of drug-likeness (QED) is 0.398. The van der Waals surface area contributed by atoms with Gasteiger partial charge in [0.25, 0.3) is 0 Å². The van der Waals surface area contributed by atoms with Gasteiger partial charge in [-0.3, -0.25) is 0 Å². The Labute approximate surface area is 99.0 Å². The van der Waals surface area contributed by atoms with Crippen molar-refractivity contribution in [3.63, 3.8) is 0 Å². The van der Waals surface area contributed by atoms with Crippen LogP contribution in [0.4, 0.5) is 0 Å². The maximum Gasteiger partial charge on any atom is 0.0580 e. The van der Waals surface area contributed by atoms with Crippen LogP contribution in [0.5, 0.6) is 0 Å².